The van der Waals surface area contributed by atoms with Crippen LogP contribution in [0, 0.1) is 0 Å². The Balaban J connectivity index is 1.97. The SMILES string of the molecule is CCCc1cccc(C2CCNc3ccccc32)c1. The number of anilines is 1. The van der Waals surface area contributed by atoms with Crippen LogP contribution < -0.4 is 5.32 Å². The largest absolute Gasteiger partial charge is 0.385 e. The Bertz CT molecular complexity index is 559. The van der Waals surface area contributed by atoms with Crippen molar-refractivity contribution in [2.24, 2.45) is 0 Å². The highest BCUT2D eigenvalue weighted by molar-refractivity contribution is 5.57. The topological polar surface area (TPSA) is 12.0 Å². The van der Waals surface area contributed by atoms with Crippen LogP contribution in [-0.2, 0) is 6.42 Å². The lowest BCUT2D eigenvalue weighted by Gasteiger charge is -2.27. The van der Waals surface area contributed by atoms with E-state index in [0.29, 0.717) is 5.92 Å². The number of hydrogen-bond donors (Lipinski definition) is 1. The first-order chi connectivity index (χ1) is 9.38. The van der Waals surface area contributed by atoms with Crippen molar-refractivity contribution in [1.29, 1.82) is 0 Å². The van der Waals surface area contributed by atoms with Gasteiger partial charge in [-0.25, -0.2) is 0 Å². The second-order valence-electron chi connectivity index (χ2n) is 5.35. The summed E-state index contributed by atoms with van der Waals surface area (Å²) in [4.78, 5) is 0. The van der Waals surface area contributed by atoms with Crippen LogP contribution in [0.1, 0.15) is 42.4 Å². The molecule has 1 nitrogen and oxygen atoms in total. The lowest BCUT2D eigenvalue weighted by Crippen LogP contribution is -2.17. The van der Waals surface area contributed by atoms with Crippen LogP contribution in [0.4, 0.5) is 5.69 Å². The van der Waals surface area contributed by atoms with Crippen molar-refractivity contribution in [1.82, 2.24) is 0 Å². The molecular weight excluding hydrogens is 230 g/mol. The fourth-order valence-electron chi connectivity index (χ4n) is 3.07. The van der Waals surface area contributed by atoms with Crippen LogP contribution >= 0.6 is 0 Å². The summed E-state index contributed by atoms with van der Waals surface area (Å²) in [6.07, 6.45) is 3.58. The molecule has 0 bridgehead atoms. The molecule has 0 saturated heterocycles. The molecule has 0 amide bonds. The molecule has 1 aliphatic rings. The molecule has 1 aliphatic heterocycles. The Morgan fingerprint density at radius 1 is 1.11 bits per heavy atom. The Morgan fingerprint density at radius 3 is 2.89 bits per heavy atom. The summed E-state index contributed by atoms with van der Waals surface area (Å²) < 4.78 is 0. The Labute approximate surface area is 115 Å². The number of aryl methyl sites for hydroxylation is 1. The summed E-state index contributed by atoms with van der Waals surface area (Å²) in [7, 11) is 0. The lowest BCUT2D eigenvalue weighted by atomic mass is 9.84. The maximum atomic E-state index is 3.50. The van der Waals surface area contributed by atoms with Gasteiger partial charge in [0.05, 0.1) is 0 Å². The smallest absolute Gasteiger partial charge is 0.0379 e. The zero-order valence-corrected chi connectivity index (χ0v) is 11.5. The van der Waals surface area contributed by atoms with Gasteiger partial charge in [-0.15, -0.1) is 0 Å². The number of fused-ring (bicyclic) bond motifs is 1. The van der Waals surface area contributed by atoms with E-state index in [1.807, 2.05) is 0 Å². The predicted molar refractivity (Wildman–Crippen MR) is 81.8 cm³/mol. The Morgan fingerprint density at radius 2 is 2.00 bits per heavy atom. The number of benzene rings is 2. The molecule has 98 valence electrons. The van der Waals surface area contributed by atoms with E-state index in [4.69, 9.17) is 0 Å². The summed E-state index contributed by atoms with van der Waals surface area (Å²) >= 11 is 0. The van der Waals surface area contributed by atoms with Gasteiger partial charge in [0.2, 0.25) is 0 Å². The summed E-state index contributed by atoms with van der Waals surface area (Å²) in [6, 6.07) is 17.9. The van der Waals surface area contributed by atoms with Crippen LogP contribution in [0.3, 0.4) is 0 Å². The monoisotopic (exact) mass is 251 g/mol. The summed E-state index contributed by atoms with van der Waals surface area (Å²) in [6.45, 7) is 3.31. The van der Waals surface area contributed by atoms with E-state index in [0.717, 1.165) is 6.54 Å². The molecule has 0 aliphatic carbocycles. The van der Waals surface area contributed by atoms with Crippen LogP contribution in [0.2, 0.25) is 0 Å². The second kappa shape index (κ2) is 5.48. The van der Waals surface area contributed by atoms with Gasteiger partial charge < -0.3 is 5.32 Å². The fourth-order valence-corrected chi connectivity index (χ4v) is 3.07. The van der Waals surface area contributed by atoms with E-state index in [1.54, 1.807) is 0 Å². The maximum Gasteiger partial charge on any atom is 0.0379 e. The average molecular weight is 251 g/mol. The third-order valence-electron chi connectivity index (χ3n) is 3.98. The van der Waals surface area contributed by atoms with E-state index < -0.39 is 0 Å². The van der Waals surface area contributed by atoms with Gasteiger partial charge in [0.15, 0.2) is 0 Å². The highest BCUT2D eigenvalue weighted by atomic mass is 14.9. The van der Waals surface area contributed by atoms with Crippen molar-refractivity contribution in [3.05, 3.63) is 65.2 Å². The van der Waals surface area contributed by atoms with Crippen molar-refractivity contribution in [3.8, 4) is 0 Å². The van der Waals surface area contributed by atoms with Crippen LogP contribution in [0.25, 0.3) is 0 Å². The molecule has 1 N–H and O–H groups in total. The van der Waals surface area contributed by atoms with Gasteiger partial charge in [-0.1, -0.05) is 55.8 Å². The number of rotatable bonds is 3. The quantitative estimate of drug-likeness (QED) is 0.841. The zero-order chi connectivity index (χ0) is 13.1. The summed E-state index contributed by atoms with van der Waals surface area (Å²) in [5.74, 6) is 0.550. The highest BCUT2D eigenvalue weighted by Gasteiger charge is 2.21. The standard InChI is InChI=1S/C18H21N/c1-2-6-14-7-5-8-15(13-14)16-11-12-19-18-10-4-3-9-17(16)18/h3-5,7-10,13,16,19H,2,6,11-12H2,1H3. The minimum atomic E-state index is 0.550. The van der Waals surface area contributed by atoms with Crippen molar-refractivity contribution < 1.29 is 0 Å². The first-order valence-corrected chi connectivity index (χ1v) is 7.30. The molecule has 19 heavy (non-hydrogen) atoms. The predicted octanol–water partition coefficient (Wildman–Crippen LogP) is 4.59. The maximum absolute atomic E-state index is 3.50. The second-order valence-corrected chi connectivity index (χ2v) is 5.35. The molecule has 0 fully saturated rings. The van der Waals surface area contributed by atoms with E-state index in [9.17, 15) is 0 Å². The van der Waals surface area contributed by atoms with Crippen LogP contribution in [0.5, 0.6) is 0 Å². The molecule has 1 heteroatoms. The van der Waals surface area contributed by atoms with Gasteiger partial charge in [-0.2, -0.15) is 0 Å². The van der Waals surface area contributed by atoms with E-state index in [1.165, 1.54) is 41.6 Å². The van der Waals surface area contributed by atoms with E-state index >= 15 is 0 Å². The molecule has 0 aromatic heterocycles. The van der Waals surface area contributed by atoms with Crippen LogP contribution in [0.15, 0.2) is 48.5 Å². The zero-order valence-electron chi connectivity index (χ0n) is 11.5. The molecule has 0 saturated carbocycles. The van der Waals surface area contributed by atoms with Gasteiger partial charge >= 0.3 is 0 Å². The van der Waals surface area contributed by atoms with Gasteiger partial charge in [0.1, 0.15) is 0 Å². The molecule has 1 heterocycles. The van der Waals surface area contributed by atoms with E-state index in [2.05, 4.69) is 60.8 Å². The first kappa shape index (κ1) is 12.3. The minimum absolute atomic E-state index is 0.550. The normalized spacial score (nSPS) is 17.6. The van der Waals surface area contributed by atoms with Crippen molar-refractivity contribution in [2.45, 2.75) is 32.1 Å². The number of nitrogens with one attached hydrogen (secondary N) is 1. The molecule has 3 rings (SSSR count). The third-order valence-corrected chi connectivity index (χ3v) is 3.98. The molecule has 1 atom stereocenters. The highest BCUT2D eigenvalue weighted by Crippen LogP contribution is 2.36. The molecule has 2 aromatic rings. The fraction of sp³-hybridized carbons (Fsp3) is 0.333. The summed E-state index contributed by atoms with van der Waals surface area (Å²) in [5.41, 5.74) is 5.69. The van der Waals surface area contributed by atoms with Crippen LogP contribution in [-0.4, -0.2) is 6.54 Å². The molecule has 1 unspecified atom stereocenters. The average Bonchev–Trinajstić information content (AvgIpc) is 2.47. The Hall–Kier alpha value is -1.76. The third kappa shape index (κ3) is 2.51. The Kier molecular flexibility index (Phi) is 3.54. The van der Waals surface area contributed by atoms with Crippen molar-refractivity contribution >= 4 is 5.69 Å². The summed E-state index contributed by atoms with van der Waals surface area (Å²) in [5, 5.41) is 3.50. The molecular formula is C18H21N. The van der Waals surface area contributed by atoms with Gasteiger partial charge in [-0.3, -0.25) is 0 Å². The van der Waals surface area contributed by atoms with E-state index in [-0.39, 0.29) is 0 Å². The van der Waals surface area contributed by atoms with Gasteiger partial charge in [0, 0.05) is 18.2 Å². The molecule has 2 aromatic carbocycles. The minimum Gasteiger partial charge on any atom is -0.385 e. The lowest BCUT2D eigenvalue weighted by molar-refractivity contribution is 0.718. The van der Waals surface area contributed by atoms with Crippen molar-refractivity contribution in [2.75, 3.05) is 11.9 Å². The van der Waals surface area contributed by atoms with Gasteiger partial charge in [-0.05, 0) is 35.6 Å². The first-order valence-electron chi connectivity index (χ1n) is 7.30. The molecule has 0 radical (unpaired) electrons. The number of hydrogen-bond acceptors (Lipinski definition) is 1. The molecule has 0 spiro atoms. The number of para-hydroxylation sites is 1. The van der Waals surface area contributed by atoms with Gasteiger partial charge in [0.25, 0.3) is 0 Å². The van der Waals surface area contributed by atoms with Crippen molar-refractivity contribution in [3.63, 3.8) is 0 Å².